The number of nitrogens with one attached hydrogen (secondary N) is 1. The van der Waals surface area contributed by atoms with Gasteiger partial charge < -0.3 is 5.32 Å². The van der Waals surface area contributed by atoms with Crippen LogP contribution in [0.5, 0.6) is 0 Å². The van der Waals surface area contributed by atoms with Crippen LogP contribution in [0.3, 0.4) is 0 Å². The zero-order chi connectivity index (χ0) is 14.9. The second-order valence-electron chi connectivity index (χ2n) is 5.55. The fourth-order valence-corrected chi connectivity index (χ4v) is 2.83. The highest BCUT2D eigenvalue weighted by atomic mass is 79.9. The first kappa shape index (κ1) is 15.0. The van der Waals surface area contributed by atoms with Crippen LogP contribution >= 0.6 is 15.9 Å². The molecule has 0 radical (unpaired) electrons. The van der Waals surface area contributed by atoms with Crippen LogP contribution < -0.4 is 10.2 Å². The van der Waals surface area contributed by atoms with Crippen LogP contribution in [0.1, 0.15) is 27.2 Å². The first-order valence-electron chi connectivity index (χ1n) is 6.79. The average Bonchev–Trinajstić information content (AvgIpc) is 2.36. The Hall–Kier alpha value is -1.36. The summed E-state index contributed by atoms with van der Waals surface area (Å²) < 4.78 is 0.890. The maximum Gasteiger partial charge on any atom is 0.250 e. The summed E-state index contributed by atoms with van der Waals surface area (Å²) in [6.07, 6.45) is 0.655. The van der Waals surface area contributed by atoms with Gasteiger partial charge in [-0.25, -0.2) is 0 Å². The molecule has 108 valence electrons. The molecule has 2 unspecified atom stereocenters. The van der Waals surface area contributed by atoms with Crippen LogP contribution in [0.25, 0.3) is 0 Å². The number of piperazine rings is 1. The molecule has 2 atom stereocenters. The quantitative estimate of drug-likeness (QED) is 0.921. The highest BCUT2D eigenvalue weighted by molar-refractivity contribution is 9.10. The van der Waals surface area contributed by atoms with Crippen molar-refractivity contribution in [2.75, 3.05) is 4.90 Å². The van der Waals surface area contributed by atoms with E-state index in [2.05, 4.69) is 21.2 Å². The van der Waals surface area contributed by atoms with Crippen LogP contribution in [0.2, 0.25) is 0 Å². The Morgan fingerprint density at radius 3 is 2.65 bits per heavy atom. The molecule has 20 heavy (non-hydrogen) atoms. The Bertz CT molecular complexity index is 530. The van der Waals surface area contributed by atoms with Gasteiger partial charge in [0.2, 0.25) is 11.8 Å². The molecular formula is C15H19BrN2O2. The summed E-state index contributed by atoms with van der Waals surface area (Å²) in [5.74, 6) is 0.209. The smallest absolute Gasteiger partial charge is 0.250 e. The van der Waals surface area contributed by atoms with E-state index in [0.29, 0.717) is 12.3 Å². The molecule has 1 saturated heterocycles. The number of anilines is 1. The van der Waals surface area contributed by atoms with E-state index < -0.39 is 12.1 Å². The van der Waals surface area contributed by atoms with Crippen LogP contribution in [0, 0.1) is 5.92 Å². The summed E-state index contributed by atoms with van der Waals surface area (Å²) in [5, 5.41) is 2.82. The van der Waals surface area contributed by atoms with Crippen molar-refractivity contribution in [2.45, 2.75) is 39.3 Å². The lowest BCUT2D eigenvalue weighted by Crippen LogP contribution is -2.63. The highest BCUT2D eigenvalue weighted by Gasteiger charge is 2.38. The lowest BCUT2D eigenvalue weighted by Gasteiger charge is -2.38. The third-order valence-corrected chi connectivity index (χ3v) is 3.91. The second-order valence-corrected chi connectivity index (χ2v) is 6.47. The number of hydrogen-bond donors (Lipinski definition) is 1. The number of benzene rings is 1. The molecule has 4 nitrogen and oxygen atoms in total. The monoisotopic (exact) mass is 338 g/mol. The molecule has 0 spiro atoms. The van der Waals surface area contributed by atoms with Crippen molar-refractivity contribution < 1.29 is 9.59 Å². The van der Waals surface area contributed by atoms with Crippen molar-refractivity contribution in [2.24, 2.45) is 5.92 Å². The number of halogens is 1. The minimum absolute atomic E-state index is 0.0381. The first-order chi connectivity index (χ1) is 9.40. The molecule has 1 fully saturated rings. The molecule has 1 aromatic carbocycles. The minimum atomic E-state index is -0.486. The van der Waals surface area contributed by atoms with Gasteiger partial charge in [0.15, 0.2) is 0 Å². The number of carbonyl (C=O) groups is 2. The van der Waals surface area contributed by atoms with Gasteiger partial charge in [0.1, 0.15) is 12.1 Å². The van der Waals surface area contributed by atoms with Crippen molar-refractivity contribution in [1.29, 1.82) is 0 Å². The van der Waals surface area contributed by atoms with Crippen LogP contribution in [0.15, 0.2) is 28.7 Å². The molecule has 0 aromatic heterocycles. The first-order valence-corrected chi connectivity index (χ1v) is 7.58. The predicted molar refractivity (Wildman–Crippen MR) is 82.5 cm³/mol. The summed E-state index contributed by atoms with van der Waals surface area (Å²) in [6.45, 7) is 5.83. The summed E-state index contributed by atoms with van der Waals surface area (Å²) in [4.78, 5) is 26.3. The maximum atomic E-state index is 12.6. The second kappa shape index (κ2) is 5.95. The lowest BCUT2D eigenvalue weighted by molar-refractivity contribution is -0.133. The maximum absolute atomic E-state index is 12.6. The van der Waals surface area contributed by atoms with Crippen molar-refractivity contribution in [3.8, 4) is 0 Å². The minimum Gasteiger partial charge on any atom is -0.342 e. The van der Waals surface area contributed by atoms with E-state index in [-0.39, 0.29) is 11.8 Å². The number of amides is 2. The van der Waals surface area contributed by atoms with Gasteiger partial charge in [-0.1, -0.05) is 35.8 Å². The Morgan fingerprint density at radius 2 is 2.05 bits per heavy atom. The van der Waals surface area contributed by atoms with E-state index >= 15 is 0 Å². The fourth-order valence-electron chi connectivity index (χ4n) is 2.44. The Balaban J connectivity index is 2.33. The van der Waals surface area contributed by atoms with Gasteiger partial charge >= 0.3 is 0 Å². The number of hydrogen-bond acceptors (Lipinski definition) is 2. The van der Waals surface area contributed by atoms with E-state index in [0.717, 1.165) is 10.2 Å². The molecule has 1 heterocycles. The summed E-state index contributed by atoms with van der Waals surface area (Å²) in [7, 11) is 0. The molecule has 1 aliphatic heterocycles. The van der Waals surface area contributed by atoms with E-state index in [1.54, 1.807) is 11.8 Å². The van der Waals surface area contributed by atoms with Crippen LogP contribution in [0.4, 0.5) is 5.69 Å². The molecule has 1 aromatic rings. The SMILES string of the molecule is CC(C)CC1NC(=O)C(C)N(c2cccc(Br)c2)C1=O. The average molecular weight is 339 g/mol. The largest absolute Gasteiger partial charge is 0.342 e. The van der Waals surface area contributed by atoms with Gasteiger partial charge in [0.25, 0.3) is 0 Å². The molecule has 0 aliphatic carbocycles. The molecule has 1 N–H and O–H groups in total. The van der Waals surface area contributed by atoms with Crippen molar-refractivity contribution in [3.05, 3.63) is 28.7 Å². The zero-order valence-electron chi connectivity index (χ0n) is 11.9. The Morgan fingerprint density at radius 1 is 1.35 bits per heavy atom. The predicted octanol–water partition coefficient (Wildman–Crippen LogP) is 2.72. The van der Waals surface area contributed by atoms with Crippen molar-refractivity contribution in [3.63, 3.8) is 0 Å². The number of rotatable bonds is 3. The number of nitrogens with zero attached hydrogens (tertiary/aromatic N) is 1. The van der Waals surface area contributed by atoms with Crippen molar-refractivity contribution >= 4 is 33.4 Å². The van der Waals surface area contributed by atoms with Crippen molar-refractivity contribution in [1.82, 2.24) is 5.32 Å². The summed E-state index contributed by atoms with van der Waals surface area (Å²) in [6, 6.07) is 6.55. The van der Waals surface area contributed by atoms with Crippen LogP contribution in [-0.2, 0) is 9.59 Å². The summed E-state index contributed by atoms with van der Waals surface area (Å²) in [5.41, 5.74) is 0.750. The van der Waals surface area contributed by atoms with Gasteiger partial charge in [-0.3, -0.25) is 14.5 Å². The third-order valence-electron chi connectivity index (χ3n) is 3.41. The van der Waals surface area contributed by atoms with Crippen LogP contribution in [-0.4, -0.2) is 23.9 Å². The summed E-state index contributed by atoms with van der Waals surface area (Å²) >= 11 is 3.40. The normalized spacial score (nSPS) is 23.1. The molecule has 5 heteroatoms. The molecule has 0 bridgehead atoms. The molecular weight excluding hydrogens is 320 g/mol. The van der Waals surface area contributed by atoms with Gasteiger partial charge in [-0.2, -0.15) is 0 Å². The van der Waals surface area contributed by atoms with E-state index in [1.807, 2.05) is 38.1 Å². The van der Waals surface area contributed by atoms with Gasteiger partial charge in [0.05, 0.1) is 0 Å². The number of carbonyl (C=O) groups excluding carboxylic acids is 2. The highest BCUT2D eigenvalue weighted by Crippen LogP contribution is 2.26. The third kappa shape index (κ3) is 3.03. The zero-order valence-corrected chi connectivity index (χ0v) is 13.5. The van der Waals surface area contributed by atoms with E-state index in [9.17, 15) is 9.59 Å². The molecule has 2 amide bonds. The van der Waals surface area contributed by atoms with E-state index in [4.69, 9.17) is 0 Å². The Labute approximate surface area is 127 Å². The fraction of sp³-hybridized carbons (Fsp3) is 0.467. The van der Waals surface area contributed by atoms with Gasteiger partial charge in [-0.05, 0) is 37.5 Å². The topological polar surface area (TPSA) is 49.4 Å². The standard InChI is InChI=1S/C15H19BrN2O2/c1-9(2)7-13-15(20)18(10(3)14(19)17-13)12-6-4-5-11(16)8-12/h4-6,8-10,13H,7H2,1-3H3,(H,17,19). The van der Waals surface area contributed by atoms with E-state index in [1.165, 1.54) is 0 Å². The Kier molecular flexibility index (Phi) is 4.48. The molecule has 0 saturated carbocycles. The van der Waals surface area contributed by atoms with Gasteiger partial charge in [0, 0.05) is 10.2 Å². The lowest BCUT2D eigenvalue weighted by atomic mass is 9.98. The molecule has 2 rings (SSSR count). The molecule has 1 aliphatic rings. The van der Waals surface area contributed by atoms with Gasteiger partial charge in [-0.15, -0.1) is 0 Å².